The van der Waals surface area contributed by atoms with Gasteiger partial charge in [-0.25, -0.2) is 0 Å². The Morgan fingerprint density at radius 2 is 1.90 bits per heavy atom. The molecule has 1 aromatic heterocycles. The van der Waals surface area contributed by atoms with Gasteiger partial charge in [0.15, 0.2) is 0 Å². The van der Waals surface area contributed by atoms with Crippen LogP contribution in [0.2, 0.25) is 0 Å². The Bertz CT molecular complexity index is 839. The van der Waals surface area contributed by atoms with Crippen LogP contribution in [0.25, 0.3) is 5.57 Å². The zero-order valence-electron chi connectivity index (χ0n) is 18.6. The largest absolute Gasteiger partial charge is 0.393 e. The number of hydrogen-bond acceptors (Lipinski definition) is 3. The molecule has 7 atom stereocenters. The molecule has 0 spiro atoms. The van der Waals surface area contributed by atoms with Gasteiger partial charge < -0.3 is 5.11 Å². The molecule has 1 N–H and O–H groups in total. The molecule has 0 aliphatic heterocycles. The van der Waals surface area contributed by atoms with Crippen molar-refractivity contribution in [1.29, 1.82) is 0 Å². The molecule has 0 bridgehead atoms. The average molecular weight is 412 g/mol. The van der Waals surface area contributed by atoms with Crippen molar-refractivity contribution >= 4 is 16.9 Å². The molecule has 1 aromatic rings. The molecule has 4 aliphatic carbocycles. The number of aromatic nitrogens is 1. The molecular weight excluding hydrogens is 374 g/mol. The zero-order valence-corrected chi connectivity index (χ0v) is 19.4. The number of rotatable bonds is 3. The van der Waals surface area contributed by atoms with Gasteiger partial charge in [0.05, 0.1) is 16.5 Å². The van der Waals surface area contributed by atoms with Gasteiger partial charge >= 0.3 is 0 Å². The molecule has 0 unspecified atom stereocenters. The number of aliphatic hydroxyl groups excluding tert-OH is 1. The smallest absolute Gasteiger partial charge is 0.0797 e. The summed E-state index contributed by atoms with van der Waals surface area (Å²) < 4.78 is 0. The van der Waals surface area contributed by atoms with Crippen molar-refractivity contribution in [2.24, 2.45) is 34.5 Å². The molecule has 0 radical (unpaired) electrons. The minimum Gasteiger partial charge on any atom is -0.393 e. The first kappa shape index (κ1) is 20.0. The second-order valence-corrected chi connectivity index (χ2v) is 11.6. The van der Waals surface area contributed by atoms with Crippen molar-refractivity contribution in [3.05, 3.63) is 33.8 Å². The molecule has 0 aromatic carbocycles. The average Bonchev–Trinajstić information content (AvgIpc) is 3.32. The van der Waals surface area contributed by atoms with Crippen LogP contribution in [0.1, 0.15) is 83.9 Å². The summed E-state index contributed by atoms with van der Waals surface area (Å²) in [7, 11) is 0. The minimum atomic E-state index is -0.116. The molecule has 29 heavy (non-hydrogen) atoms. The Labute approximate surface area is 180 Å². The maximum atomic E-state index is 10.4. The molecule has 5 rings (SSSR count). The van der Waals surface area contributed by atoms with Crippen molar-refractivity contribution in [3.63, 3.8) is 0 Å². The predicted octanol–water partition coefficient (Wildman–Crippen LogP) is 6.88. The summed E-state index contributed by atoms with van der Waals surface area (Å²) in [4.78, 5) is 5.87. The number of fused-ring (bicyclic) bond motifs is 5. The van der Waals surface area contributed by atoms with E-state index >= 15 is 0 Å². The predicted molar refractivity (Wildman–Crippen MR) is 122 cm³/mol. The minimum absolute atomic E-state index is 0.116. The van der Waals surface area contributed by atoms with Gasteiger partial charge in [-0.05, 0) is 91.4 Å². The summed E-state index contributed by atoms with van der Waals surface area (Å²) in [6.45, 7) is 9.88. The highest BCUT2D eigenvalue weighted by atomic mass is 32.1. The van der Waals surface area contributed by atoms with Gasteiger partial charge in [-0.3, -0.25) is 4.98 Å². The van der Waals surface area contributed by atoms with Crippen LogP contribution in [0.5, 0.6) is 0 Å². The molecule has 0 saturated heterocycles. The summed E-state index contributed by atoms with van der Waals surface area (Å²) in [6, 6.07) is 0. The Balaban J connectivity index is 1.58. The van der Waals surface area contributed by atoms with E-state index < -0.39 is 0 Å². The molecule has 3 heteroatoms. The SMILES string of the molecule is CCC1=C(c2cncs2)[C@@]2(C)CC[C@H]3[C@@H]([C@@H](CC)C=C4C[C@@H](O)CC[C@@]43C)[C@@H]2C1. The van der Waals surface area contributed by atoms with Gasteiger partial charge in [0.1, 0.15) is 0 Å². The summed E-state index contributed by atoms with van der Waals surface area (Å²) in [5.74, 6) is 3.02. The molecule has 158 valence electrons. The summed E-state index contributed by atoms with van der Waals surface area (Å²) >= 11 is 1.84. The van der Waals surface area contributed by atoms with Crippen LogP contribution in [0.3, 0.4) is 0 Å². The van der Waals surface area contributed by atoms with Gasteiger partial charge in [-0.2, -0.15) is 0 Å². The number of nitrogens with zero attached hydrogens (tertiary/aromatic N) is 1. The van der Waals surface area contributed by atoms with E-state index in [1.807, 2.05) is 16.8 Å². The van der Waals surface area contributed by atoms with Crippen LogP contribution < -0.4 is 0 Å². The Hall–Kier alpha value is -0.930. The van der Waals surface area contributed by atoms with E-state index in [9.17, 15) is 5.11 Å². The summed E-state index contributed by atoms with van der Waals surface area (Å²) in [6.07, 6.45) is 14.1. The van der Waals surface area contributed by atoms with E-state index in [0.717, 1.165) is 30.6 Å². The molecule has 0 amide bonds. The molecule has 2 nitrogen and oxygen atoms in total. The standard InChI is InChI=1S/C26H37NOS/c1-5-16-11-18-13-19(28)7-9-25(18,3)20-8-10-26(4)21(23(16)20)12-17(6-2)24(26)22-14-27-15-29-22/h11,14-16,19-21,23,28H,5-10,12-13H2,1-4H3/t16-,19-,20-,21-,23+,25-,26-/m0/s1. The van der Waals surface area contributed by atoms with Gasteiger partial charge in [0.2, 0.25) is 0 Å². The highest BCUT2D eigenvalue weighted by molar-refractivity contribution is 7.10. The fraction of sp³-hybridized carbons (Fsp3) is 0.731. The Morgan fingerprint density at radius 3 is 2.59 bits per heavy atom. The van der Waals surface area contributed by atoms with Crippen molar-refractivity contribution in [3.8, 4) is 0 Å². The Kier molecular flexibility index (Phi) is 4.86. The van der Waals surface area contributed by atoms with E-state index in [2.05, 4.69) is 45.0 Å². The quantitative estimate of drug-likeness (QED) is 0.550. The molecule has 2 saturated carbocycles. The lowest BCUT2D eigenvalue weighted by atomic mass is 9.45. The summed E-state index contributed by atoms with van der Waals surface area (Å²) in [5, 5.41) is 10.4. The molecule has 4 aliphatic rings. The first-order chi connectivity index (χ1) is 13.9. The number of hydrogen-bond donors (Lipinski definition) is 1. The first-order valence-electron chi connectivity index (χ1n) is 11.9. The van der Waals surface area contributed by atoms with Crippen LogP contribution in [-0.2, 0) is 0 Å². The lowest BCUT2D eigenvalue weighted by Gasteiger charge is -2.59. The van der Waals surface area contributed by atoms with Crippen LogP contribution in [0.15, 0.2) is 28.9 Å². The number of aliphatic hydroxyl groups is 1. The van der Waals surface area contributed by atoms with E-state index in [0.29, 0.717) is 16.7 Å². The molecule has 1 heterocycles. The van der Waals surface area contributed by atoms with Crippen molar-refractivity contribution in [1.82, 2.24) is 4.98 Å². The van der Waals surface area contributed by atoms with E-state index in [1.165, 1.54) is 43.4 Å². The summed E-state index contributed by atoms with van der Waals surface area (Å²) in [5.41, 5.74) is 7.60. The third-order valence-electron chi connectivity index (χ3n) is 9.60. The third-order valence-corrected chi connectivity index (χ3v) is 10.4. The monoisotopic (exact) mass is 411 g/mol. The number of thiazole rings is 1. The van der Waals surface area contributed by atoms with E-state index in [4.69, 9.17) is 0 Å². The van der Waals surface area contributed by atoms with Gasteiger partial charge in [-0.15, -0.1) is 11.3 Å². The van der Waals surface area contributed by atoms with E-state index in [-0.39, 0.29) is 6.10 Å². The lowest BCUT2D eigenvalue weighted by molar-refractivity contribution is -0.0467. The third kappa shape index (κ3) is 2.79. The second-order valence-electron chi connectivity index (χ2n) is 10.7. The first-order valence-corrected chi connectivity index (χ1v) is 12.8. The van der Waals surface area contributed by atoms with Crippen LogP contribution in [0, 0.1) is 34.5 Å². The topological polar surface area (TPSA) is 33.1 Å². The lowest BCUT2D eigenvalue weighted by Crippen LogP contribution is -2.52. The van der Waals surface area contributed by atoms with Crippen molar-refractivity contribution < 1.29 is 5.11 Å². The van der Waals surface area contributed by atoms with Crippen LogP contribution >= 0.6 is 11.3 Å². The maximum Gasteiger partial charge on any atom is 0.0797 e. The van der Waals surface area contributed by atoms with Gasteiger partial charge in [-0.1, -0.05) is 44.9 Å². The van der Waals surface area contributed by atoms with Crippen LogP contribution in [-0.4, -0.2) is 16.2 Å². The molecule has 2 fully saturated rings. The fourth-order valence-corrected chi connectivity index (χ4v) is 8.95. The zero-order chi connectivity index (χ0) is 20.4. The van der Waals surface area contributed by atoms with Crippen molar-refractivity contribution in [2.75, 3.05) is 0 Å². The normalized spacial score (nSPS) is 44.2. The number of allylic oxidation sites excluding steroid dienone is 3. The van der Waals surface area contributed by atoms with Crippen LogP contribution in [0.4, 0.5) is 0 Å². The fourth-order valence-electron chi connectivity index (χ4n) is 8.10. The maximum absolute atomic E-state index is 10.4. The van der Waals surface area contributed by atoms with Gasteiger partial charge in [0.25, 0.3) is 0 Å². The second kappa shape index (κ2) is 7.05. The Morgan fingerprint density at radius 1 is 1.10 bits per heavy atom. The van der Waals surface area contributed by atoms with Gasteiger partial charge in [0, 0.05) is 6.20 Å². The highest BCUT2D eigenvalue weighted by Gasteiger charge is 2.59. The van der Waals surface area contributed by atoms with Crippen molar-refractivity contribution in [2.45, 2.75) is 85.2 Å². The molecular formula is C26H37NOS. The van der Waals surface area contributed by atoms with E-state index in [1.54, 1.807) is 16.7 Å². The highest BCUT2D eigenvalue weighted by Crippen LogP contribution is 2.69.